The third-order valence-electron chi connectivity index (χ3n) is 2.48. The van der Waals surface area contributed by atoms with E-state index in [0.717, 1.165) is 25.7 Å². The van der Waals surface area contributed by atoms with E-state index < -0.39 is 0 Å². The Labute approximate surface area is 71.2 Å². The highest BCUT2D eigenvalue weighted by atomic mass is 16.3. The number of aliphatic hydroxyl groups excluding tert-OH is 1. The van der Waals surface area contributed by atoms with Crippen LogP contribution in [0.2, 0.25) is 0 Å². The zero-order valence-electron chi connectivity index (χ0n) is 6.93. The predicted molar refractivity (Wildman–Crippen MR) is 43.5 cm³/mol. The lowest BCUT2D eigenvalue weighted by molar-refractivity contribution is 0.107. The molecule has 0 saturated heterocycles. The number of nitrogens with zero attached hydrogens (tertiary/aromatic N) is 3. The molecule has 1 aromatic rings. The molecule has 0 bridgehead atoms. The minimum Gasteiger partial charge on any atom is -0.393 e. The van der Waals surface area contributed by atoms with Crippen LogP contribution in [0.15, 0.2) is 12.4 Å². The fourth-order valence-corrected chi connectivity index (χ4v) is 1.73. The first kappa shape index (κ1) is 7.73. The SMILES string of the molecule is OC1CCC(n2ccnn2)CC1. The van der Waals surface area contributed by atoms with E-state index in [1.165, 1.54) is 0 Å². The Hall–Kier alpha value is -0.900. The topological polar surface area (TPSA) is 50.9 Å². The van der Waals surface area contributed by atoms with Crippen LogP contribution in [-0.4, -0.2) is 26.2 Å². The van der Waals surface area contributed by atoms with Gasteiger partial charge >= 0.3 is 0 Å². The van der Waals surface area contributed by atoms with Crippen LogP contribution in [0.25, 0.3) is 0 Å². The van der Waals surface area contributed by atoms with E-state index >= 15 is 0 Å². The molecule has 0 spiro atoms. The van der Waals surface area contributed by atoms with E-state index in [-0.39, 0.29) is 6.10 Å². The van der Waals surface area contributed by atoms with Gasteiger partial charge in [0.05, 0.1) is 18.3 Å². The minimum absolute atomic E-state index is 0.0928. The first-order valence-corrected chi connectivity index (χ1v) is 4.40. The summed E-state index contributed by atoms with van der Waals surface area (Å²) in [4.78, 5) is 0. The fraction of sp³-hybridized carbons (Fsp3) is 0.750. The summed E-state index contributed by atoms with van der Waals surface area (Å²) in [6.45, 7) is 0. The number of rotatable bonds is 1. The van der Waals surface area contributed by atoms with Crippen LogP contribution in [0.1, 0.15) is 31.7 Å². The van der Waals surface area contributed by atoms with Crippen molar-refractivity contribution in [3.8, 4) is 0 Å². The Balaban J connectivity index is 1.99. The second kappa shape index (κ2) is 3.23. The van der Waals surface area contributed by atoms with Crippen molar-refractivity contribution in [2.75, 3.05) is 0 Å². The Kier molecular flexibility index (Phi) is 2.08. The summed E-state index contributed by atoms with van der Waals surface area (Å²) in [6, 6.07) is 0.455. The number of hydrogen-bond donors (Lipinski definition) is 1. The Bertz CT molecular complexity index is 226. The van der Waals surface area contributed by atoms with Gasteiger partial charge in [0.2, 0.25) is 0 Å². The normalized spacial score (nSPS) is 30.4. The lowest BCUT2D eigenvalue weighted by Gasteiger charge is -2.24. The molecule has 1 aliphatic rings. The average Bonchev–Trinajstić information content (AvgIpc) is 2.58. The molecule has 0 aliphatic heterocycles. The van der Waals surface area contributed by atoms with Crippen molar-refractivity contribution in [2.45, 2.75) is 37.8 Å². The molecule has 1 N–H and O–H groups in total. The van der Waals surface area contributed by atoms with Crippen molar-refractivity contribution in [3.05, 3.63) is 12.4 Å². The molecule has 0 aromatic carbocycles. The first-order chi connectivity index (χ1) is 5.86. The van der Waals surface area contributed by atoms with Crippen molar-refractivity contribution in [3.63, 3.8) is 0 Å². The van der Waals surface area contributed by atoms with Crippen LogP contribution >= 0.6 is 0 Å². The van der Waals surface area contributed by atoms with Gasteiger partial charge in [-0.25, -0.2) is 4.68 Å². The van der Waals surface area contributed by atoms with Crippen LogP contribution in [0.3, 0.4) is 0 Å². The van der Waals surface area contributed by atoms with Crippen LogP contribution in [0, 0.1) is 0 Å². The monoisotopic (exact) mass is 167 g/mol. The Morgan fingerprint density at radius 3 is 2.58 bits per heavy atom. The van der Waals surface area contributed by atoms with E-state index in [4.69, 9.17) is 0 Å². The van der Waals surface area contributed by atoms with Gasteiger partial charge in [0.25, 0.3) is 0 Å². The molecule has 4 nitrogen and oxygen atoms in total. The van der Waals surface area contributed by atoms with Gasteiger partial charge in [-0.1, -0.05) is 5.21 Å². The maximum atomic E-state index is 9.28. The lowest BCUT2D eigenvalue weighted by Crippen LogP contribution is -2.21. The largest absolute Gasteiger partial charge is 0.393 e. The van der Waals surface area contributed by atoms with Gasteiger partial charge in [-0.3, -0.25) is 0 Å². The minimum atomic E-state index is -0.0928. The van der Waals surface area contributed by atoms with Gasteiger partial charge in [-0.05, 0) is 25.7 Å². The standard InChI is InChI=1S/C8H13N3O/c12-8-3-1-7(2-4-8)11-6-5-9-10-11/h5-8,12H,1-4H2. The van der Waals surface area contributed by atoms with Gasteiger partial charge < -0.3 is 5.11 Å². The molecule has 66 valence electrons. The summed E-state index contributed by atoms with van der Waals surface area (Å²) >= 11 is 0. The van der Waals surface area contributed by atoms with Gasteiger partial charge in [0, 0.05) is 6.20 Å². The highest BCUT2D eigenvalue weighted by Crippen LogP contribution is 2.27. The van der Waals surface area contributed by atoms with Crippen LogP contribution in [-0.2, 0) is 0 Å². The molecule has 0 amide bonds. The zero-order chi connectivity index (χ0) is 8.39. The van der Waals surface area contributed by atoms with Crippen molar-refractivity contribution < 1.29 is 5.11 Å². The lowest BCUT2D eigenvalue weighted by atomic mass is 9.93. The molecule has 2 rings (SSSR count). The van der Waals surface area contributed by atoms with E-state index in [1.807, 2.05) is 10.9 Å². The molecule has 1 saturated carbocycles. The predicted octanol–water partition coefficient (Wildman–Crippen LogP) is 0.754. The third-order valence-corrected chi connectivity index (χ3v) is 2.48. The number of aromatic nitrogens is 3. The molecular formula is C8H13N3O. The summed E-state index contributed by atoms with van der Waals surface area (Å²) in [7, 11) is 0. The molecule has 4 heteroatoms. The maximum absolute atomic E-state index is 9.28. The van der Waals surface area contributed by atoms with Crippen molar-refractivity contribution in [1.29, 1.82) is 0 Å². The zero-order valence-corrected chi connectivity index (χ0v) is 6.93. The fourth-order valence-electron chi connectivity index (χ4n) is 1.73. The molecule has 0 atom stereocenters. The molecular weight excluding hydrogens is 154 g/mol. The van der Waals surface area contributed by atoms with Gasteiger partial charge in [0.1, 0.15) is 0 Å². The summed E-state index contributed by atoms with van der Waals surface area (Å²) in [5.74, 6) is 0. The van der Waals surface area contributed by atoms with Crippen molar-refractivity contribution >= 4 is 0 Å². The second-order valence-corrected chi connectivity index (χ2v) is 3.35. The summed E-state index contributed by atoms with van der Waals surface area (Å²) in [5, 5.41) is 17.0. The molecule has 12 heavy (non-hydrogen) atoms. The number of hydrogen-bond acceptors (Lipinski definition) is 3. The summed E-state index contributed by atoms with van der Waals surface area (Å²) in [5.41, 5.74) is 0. The third kappa shape index (κ3) is 1.48. The van der Waals surface area contributed by atoms with Crippen LogP contribution in [0.4, 0.5) is 0 Å². The molecule has 1 aromatic heterocycles. The van der Waals surface area contributed by atoms with Gasteiger partial charge in [0.15, 0.2) is 0 Å². The summed E-state index contributed by atoms with van der Waals surface area (Å²) < 4.78 is 1.89. The highest BCUT2D eigenvalue weighted by molar-refractivity contribution is 4.78. The molecule has 1 fully saturated rings. The van der Waals surface area contributed by atoms with E-state index in [9.17, 15) is 5.11 Å². The molecule has 1 heterocycles. The maximum Gasteiger partial charge on any atom is 0.0693 e. The summed E-state index contributed by atoms with van der Waals surface area (Å²) in [6.07, 6.45) is 7.32. The average molecular weight is 167 g/mol. The van der Waals surface area contributed by atoms with Gasteiger partial charge in [-0.15, -0.1) is 5.10 Å². The van der Waals surface area contributed by atoms with E-state index in [0.29, 0.717) is 6.04 Å². The molecule has 1 aliphatic carbocycles. The number of aliphatic hydroxyl groups is 1. The first-order valence-electron chi connectivity index (χ1n) is 4.40. The Morgan fingerprint density at radius 1 is 1.25 bits per heavy atom. The molecule has 0 unspecified atom stereocenters. The smallest absolute Gasteiger partial charge is 0.0693 e. The van der Waals surface area contributed by atoms with E-state index in [1.54, 1.807) is 6.20 Å². The van der Waals surface area contributed by atoms with Crippen molar-refractivity contribution in [2.24, 2.45) is 0 Å². The van der Waals surface area contributed by atoms with Gasteiger partial charge in [-0.2, -0.15) is 0 Å². The highest BCUT2D eigenvalue weighted by Gasteiger charge is 2.20. The van der Waals surface area contributed by atoms with E-state index in [2.05, 4.69) is 10.3 Å². The molecule has 0 radical (unpaired) electrons. The van der Waals surface area contributed by atoms with Crippen LogP contribution in [0.5, 0.6) is 0 Å². The second-order valence-electron chi connectivity index (χ2n) is 3.35. The van der Waals surface area contributed by atoms with Crippen LogP contribution < -0.4 is 0 Å². The quantitative estimate of drug-likeness (QED) is 0.671. The Morgan fingerprint density at radius 2 is 2.00 bits per heavy atom. The van der Waals surface area contributed by atoms with Crippen molar-refractivity contribution in [1.82, 2.24) is 15.0 Å².